The zero-order valence-corrected chi connectivity index (χ0v) is 20.1. The first kappa shape index (κ1) is 25.1. The van der Waals surface area contributed by atoms with Crippen molar-refractivity contribution in [3.8, 4) is 11.3 Å². The predicted octanol–water partition coefficient (Wildman–Crippen LogP) is 2.99. The van der Waals surface area contributed by atoms with Crippen molar-refractivity contribution < 1.29 is 22.3 Å². The third-order valence-corrected chi connectivity index (χ3v) is 6.42. The number of nitrogens with one attached hydrogen (secondary N) is 1. The number of alkyl halides is 4. The fourth-order valence-electron chi connectivity index (χ4n) is 4.54. The summed E-state index contributed by atoms with van der Waals surface area (Å²) in [7, 11) is 1.73. The van der Waals surface area contributed by atoms with Gasteiger partial charge in [0.15, 0.2) is 11.5 Å². The van der Waals surface area contributed by atoms with E-state index in [9.17, 15) is 17.6 Å². The Bertz CT molecular complexity index is 1390. The molecule has 0 unspecified atom stereocenters. The van der Waals surface area contributed by atoms with E-state index in [1.165, 1.54) is 10.7 Å². The van der Waals surface area contributed by atoms with Crippen LogP contribution in [0.25, 0.3) is 22.4 Å². The summed E-state index contributed by atoms with van der Waals surface area (Å²) in [4.78, 5) is 10.5. The van der Waals surface area contributed by atoms with Gasteiger partial charge in [0.2, 0.25) is 12.4 Å². The summed E-state index contributed by atoms with van der Waals surface area (Å²) < 4.78 is 59.3. The molecule has 198 valence electrons. The summed E-state index contributed by atoms with van der Waals surface area (Å²) in [5.74, 6) is -1.78. The Labute approximate surface area is 209 Å². The van der Waals surface area contributed by atoms with Crippen molar-refractivity contribution >= 4 is 22.9 Å². The van der Waals surface area contributed by atoms with Gasteiger partial charge in [-0.05, 0) is 25.1 Å². The second-order valence-electron chi connectivity index (χ2n) is 9.06. The quantitative estimate of drug-likeness (QED) is 0.386. The molecule has 0 bridgehead atoms. The van der Waals surface area contributed by atoms with E-state index >= 15 is 0 Å². The number of nitrogens with zero attached hydrogens (tertiary/aromatic N) is 7. The molecule has 0 aromatic carbocycles. The standard InChI is InChI=1S/C15H14F2N8.C8H13F2NO/c1-19-13-12-9(2-4-24(12)23-15(18)22-13)10-3-5-25-14(21-10)8(7-20-25)6-11(16)17;9-8(10)2-1-3-11(6-8)7-4-12-5-7/h2-5,7,11H,6H2,1H3,(H3,18,19,22,23);7H,1-6H2. The Morgan fingerprint density at radius 3 is 2.65 bits per heavy atom. The van der Waals surface area contributed by atoms with Crippen molar-refractivity contribution in [3.05, 3.63) is 36.3 Å². The average molecular weight is 522 g/mol. The van der Waals surface area contributed by atoms with Crippen LogP contribution < -0.4 is 11.1 Å². The van der Waals surface area contributed by atoms with Crippen molar-refractivity contribution in [2.45, 2.75) is 37.7 Å². The van der Waals surface area contributed by atoms with Gasteiger partial charge in [-0.2, -0.15) is 10.1 Å². The summed E-state index contributed by atoms with van der Waals surface area (Å²) in [5, 5.41) is 11.2. The monoisotopic (exact) mass is 521 g/mol. The van der Waals surface area contributed by atoms with Gasteiger partial charge in [0, 0.05) is 43.4 Å². The second-order valence-corrected chi connectivity index (χ2v) is 9.06. The predicted molar refractivity (Wildman–Crippen MR) is 129 cm³/mol. The van der Waals surface area contributed by atoms with E-state index in [0.29, 0.717) is 47.9 Å². The van der Waals surface area contributed by atoms with E-state index < -0.39 is 18.8 Å². The summed E-state index contributed by atoms with van der Waals surface area (Å²) >= 11 is 0. The van der Waals surface area contributed by atoms with Crippen LogP contribution in [0.15, 0.2) is 30.7 Å². The molecule has 4 aromatic heterocycles. The van der Waals surface area contributed by atoms with Crippen LogP contribution >= 0.6 is 0 Å². The third-order valence-electron chi connectivity index (χ3n) is 6.42. The number of nitrogens with two attached hydrogens (primary N) is 1. The summed E-state index contributed by atoms with van der Waals surface area (Å²) in [6.07, 6.45) is 2.66. The van der Waals surface area contributed by atoms with Crippen molar-refractivity contribution in [2.24, 2.45) is 0 Å². The largest absolute Gasteiger partial charge is 0.378 e. The SMILES string of the molecule is CNc1nc(N)nn2ccc(-c3ccn4ncc(CC(F)F)c4n3)c12.FC1(F)CCCN(C2COC2)C1. The van der Waals surface area contributed by atoms with Crippen LogP contribution in [0.3, 0.4) is 0 Å². The zero-order chi connectivity index (χ0) is 26.2. The Balaban J connectivity index is 0.000000195. The molecule has 2 fully saturated rings. The van der Waals surface area contributed by atoms with Crippen LogP contribution in [-0.2, 0) is 11.2 Å². The number of ether oxygens (including phenoxy) is 1. The first-order valence-electron chi connectivity index (χ1n) is 11.9. The number of piperidine rings is 1. The van der Waals surface area contributed by atoms with Gasteiger partial charge in [0.05, 0.1) is 37.7 Å². The minimum absolute atomic E-state index is 0.0527. The lowest BCUT2D eigenvalue weighted by molar-refractivity contribution is -0.126. The zero-order valence-electron chi connectivity index (χ0n) is 20.1. The Hall–Kier alpha value is -3.52. The van der Waals surface area contributed by atoms with Crippen LogP contribution in [0.4, 0.5) is 29.3 Å². The number of halogens is 4. The highest BCUT2D eigenvalue weighted by atomic mass is 19.3. The van der Waals surface area contributed by atoms with Gasteiger partial charge in [-0.25, -0.2) is 31.6 Å². The van der Waals surface area contributed by atoms with E-state index in [4.69, 9.17) is 10.5 Å². The Morgan fingerprint density at radius 2 is 1.97 bits per heavy atom. The molecular weight excluding hydrogens is 494 g/mol. The molecule has 0 amide bonds. The molecule has 2 aliphatic heterocycles. The van der Waals surface area contributed by atoms with Crippen LogP contribution in [0.2, 0.25) is 0 Å². The lowest BCUT2D eigenvalue weighted by atomic mass is 10.0. The van der Waals surface area contributed by atoms with Gasteiger partial charge in [-0.1, -0.05) is 0 Å². The van der Waals surface area contributed by atoms with Gasteiger partial charge in [0.25, 0.3) is 5.92 Å². The Kier molecular flexibility index (Phi) is 6.86. The minimum Gasteiger partial charge on any atom is -0.378 e. The number of aromatic nitrogens is 6. The van der Waals surface area contributed by atoms with Gasteiger partial charge >= 0.3 is 0 Å². The first-order valence-corrected chi connectivity index (χ1v) is 11.9. The maximum Gasteiger partial charge on any atom is 0.260 e. The van der Waals surface area contributed by atoms with Crippen LogP contribution in [-0.4, -0.2) is 85.8 Å². The molecule has 6 heterocycles. The minimum atomic E-state index is -2.46. The van der Waals surface area contributed by atoms with Gasteiger partial charge < -0.3 is 15.8 Å². The summed E-state index contributed by atoms with van der Waals surface area (Å²) in [5.41, 5.74) is 8.56. The fourth-order valence-corrected chi connectivity index (χ4v) is 4.54. The van der Waals surface area contributed by atoms with E-state index in [-0.39, 0.29) is 25.0 Å². The van der Waals surface area contributed by atoms with Crippen molar-refractivity contribution in [1.82, 2.24) is 34.1 Å². The summed E-state index contributed by atoms with van der Waals surface area (Å²) in [6, 6.07) is 3.85. The molecule has 0 saturated carbocycles. The first-order chi connectivity index (χ1) is 17.7. The van der Waals surface area contributed by atoms with Crippen LogP contribution in [0.5, 0.6) is 0 Å². The molecule has 14 heteroatoms. The van der Waals surface area contributed by atoms with Crippen molar-refractivity contribution in [1.29, 1.82) is 0 Å². The molecule has 0 radical (unpaired) electrons. The molecule has 3 N–H and O–H groups in total. The normalized spacial score (nSPS) is 18.1. The van der Waals surface area contributed by atoms with Gasteiger partial charge in [0.1, 0.15) is 5.52 Å². The van der Waals surface area contributed by atoms with E-state index in [1.807, 2.05) is 11.0 Å². The lowest BCUT2D eigenvalue weighted by Crippen LogP contribution is -2.55. The second kappa shape index (κ2) is 10.1. The lowest BCUT2D eigenvalue weighted by Gasteiger charge is -2.41. The maximum absolute atomic E-state index is 12.9. The molecule has 2 saturated heterocycles. The molecule has 2 aliphatic rings. The molecule has 37 heavy (non-hydrogen) atoms. The smallest absolute Gasteiger partial charge is 0.260 e. The molecule has 4 aromatic rings. The average Bonchev–Trinajstić information content (AvgIpc) is 3.40. The van der Waals surface area contributed by atoms with Crippen molar-refractivity contribution in [3.63, 3.8) is 0 Å². The number of nitrogen functional groups attached to an aromatic ring is 1. The highest BCUT2D eigenvalue weighted by Crippen LogP contribution is 2.30. The maximum atomic E-state index is 12.9. The molecule has 6 rings (SSSR count). The third kappa shape index (κ3) is 5.30. The molecular formula is C23H27F4N9O. The molecule has 0 spiro atoms. The van der Waals surface area contributed by atoms with Crippen molar-refractivity contribution in [2.75, 3.05) is 44.4 Å². The molecule has 0 aliphatic carbocycles. The van der Waals surface area contributed by atoms with Crippen LogP contribution in [0.1, 0.15) is 18.4 Å². The topological polar surface area (TPSA) is 111 Å². The van der Waals surface area contributed by atoms with E-state index in [2.05, 4.69) is 25.5 Å². The van der Waals surface area contributed by atoms with Crippen LogP contribution in [0, 0.1) is 0 Å². The summed E-state index contributed by atoms with van der Waals surface area (Å²) in [6.45, 7) is 2.01. The highest BCUT2D eigenvalue weighted by Gasteiger charge is 2.39. The number of rotatable bonds is 5. The van der Waals surface area contributed by atoms with E-state index in [1.54, 1.807) is 30.0 Å². The highest BCUT2D eigenvalue weighted by molar-refractivity contribution is 5.87. The fraction of sp³-hybridized carbons (Fsp3) is 0.478. The van der Waals surface area contributed by atoms with Gasteiger partial charge in [-0.15, -0.1) is 5.10 Å². The van der Waals surface area contributed by atoms with Gasteiger partial charge in [-0.3, -0.25) is 4.90 Å². The number of fused-ring (bicyclic) bond motifs is 2. The van der Waals surface area contributed by atoms with E-state index in [0.717, 1.165) is 12.1 Å². The molecule has 10 nitrogen and oxygen atoms in total. The number of anilines is 2. The Morgan fingerprint density at radius 1 is 1.19 bits per heavy atom. The number of hydrogen-bond donors (Lipinski definition) is 2. The molecule has 0 atom stereocenters. The number of likely N-dealkylation sites (tertiary alicyclic amines) is 1. The number of hydrogen-bond acceptors (Lipinski definition) is 8.